The van der Waals surface area contributed by atoms with Crippen LogP contribution in [-0.2, 0) is 9.47 Å². The van der Waals surface area contributed by atoms with E-state index in [9.17, 15) is 20.0 Å². The van der Waals surface area contributed by atoms with E-state index < -0.39 is 17.1 Å². The molecule has 0 unspecified atom stereocenters. The summed E-state index contributed by atoms with van der Waals surface area (Å²) in [5.41, 5.74) is 0.761. The SMILES string of the molecule is O=C(Nc1cc(C2OCCCO2)ccc1O)c1cccc([N+](=O)[O-])c1. The molecule has 3 rings (SSSR count). The normalized spacial score (nSPS) is 14.9. The maximum atomic E-state index is 12.3. The van der Waals surface area contributed by atoms with E-state index in [4.69, 9.17) is 9.47 Å². The summed E-state index contributed by atoms with van der Waals surface area (Å²) in [6.07, 6.45) is 0.258. The number of aromatic hydroxyl groups is 1. The fourth-order valence-electron chi connectivity index (χ4n) is 2.44. The van der Waals surface area contributed by atoms with Gasteiger partial charge in [0, 0.05) is 23.3 Å². The van der Waals surface area contributed by atoms with Crippen LogP contribution in [0.3, 0.4) is 0 Å². The molecule has 1 heterocycles. The standard InChI is InChI=1S/C17H16N2O6/c20-15-6-5-12(17-24-7-2-8-25-17)10-14(15)18-16(21)11-3-1-4-13(9-11)19(22)23/h1,3-6,9-10,17,20H,2,7-8H2,(H,18,21). The Morgan fingerprint density at radius 3 is 2.68 bits per heavy atom. The summed E-state index contributed by atoms with van der Waals surface area (Å²) in [5.74, 6) is -0.694. The summed E-state index contributed by atoms with van der Waals surface area (Å²) in [6.45, 7) is 1.14. The Hall–Kier alpha value is -2.97. The van der Waals surface area contributed by atoms with Gasteiger partial charge in [-0.25, -0.2) is 0 Å². The fraction of sp³-hybridized carbons (Fsp3) is 0.235. The van der Waals surface area contributed by atoms with Crippen LogP contribution in [0.1, 0.15) is 28.6 Å². The number of rotatable bonds is 4. The van der Waals surface area contributed by atoms with Gasteiger partial charge < -0.3 is 19.9 Å². The first-order valence-electron chi connectivity index (χ1n) is 7.66. The lowest BCUT2D eigenvalue weighted by Gasteiger charge is -2.24. The molecule has 8 heteroatoms. The number of ether oxygens (including phenoxy) is 2. The Kier molecular flexibility index (Phi) is 4.92. The number of benzene rings is 2. The quantitative estimate of drug-likeness (QED) is 0.501. The number of nitrogens with one attached hydrogen (secondary N) is 1. The van der Waals surface area contributed by atoms with Crippen LogP contribution in [0.2, 0.25) is 0 Å². The van der Waals surface area contributed by atoms with Crippen LogP contribution >= 0.6 is 0 Å². The number of hydrogen-bond donors (Lipinski definition) is 2. The Morgan fingerprint density at radius 2 is 1.96 bits per heavy atom. The fourth-order valence-corrected chi connectivity index (χ4v) is 2.44. The Bertz CT molecular complexity index is 801. The maximum absolute atomic E-state index is 12.3. The number of nitro groups is 1. The van der Waals surface area contributed by atoms with Crippen molar-refractivity contribution >= 4 is 17.3 Å². The molecule has 0 aromatic heterocycles. The zero-order valence-electron chi connectivity index (χ0n) is 13.2. The molecule has 0 atom stereocenters. The molecule has 0 saturated carbocycles. The predicted octanol–water partition coefficient (Wildman–Crippen LogP) is 2.99. The highest BCUT2D eigenvalue weighted by molar-refractivity contribution is 6.05. The van der Waals surface area contributed by atoms with Crippen LogP contribution < -0.4 is 5.32 Å². The molecule has 0 spiro atoms. The number of phenolic OH excluding ortho intramolecular Hbond substituents is 1. The molecule has 130 valence electrons. The summed E-state index contributed by atoms with van der Waals surface area (Å²) >= 11 is 0. The molecular formula is C17H16N2O6. The smallest absolute Gasteiger partial charge is 0.270 e. The number of carbonyl (C=O) groups is 1. The minimum absolute atomic E-state index is 0.115. The van der Waals surface area contributed by atoms with Gasteiger partial charge in [-0.05, 0) is 24.6 Å². The lowest BCUT2D eigenvalue weighted by Crippen LogP contribution is -2.18. The zero-order chi connectivity index (χ0) is 17.8. The maximum Gasteiger partial charge on any atom is 0.270 e. The number of carbonyl (C=O) groups excluding carboxylic acids is 1. The van der Waals surface area contributed by atoms with E-state index in [1.54, 1.807) is 12.1 Å². The molecular weight excluding hydrogens is 328 g/mol. The van der Waals surface area contributed by atoms with Crippen molar-refractivity contribution in [2.24, 2.45) is 0 Å². The zero-order valence-corrected chi connectivity index (χ0v) is 13.2. The Morgan fingerprint density at radius 1 is 1.20 bits per heavy atom. The van der Waals surface area contributed by atoms with Crippen molar-refractivity contribution in [2.45, 2.75) is 12.7 Å². The second kappa shape index (κ2) is 7.29. The highest BCUT2D eigenvalue weighted by Crippen LogP contribution is 2.31. The summed E-state index contributed by atoms with van der Waals surface area (Å²) in [7, 11) is 0. The monoisotopic (exact) mass is 344 g/mol. The third-order valence-electron chi connectivity index (χ3n) is 3.69. The molecule has 1 saturated heterocycles. The lowest BCUT2D eigenvalue weighted by atomic mass is 10.1. The van der Waals surface area contributed by atoms with Crippen molar-refractivity contribution in [3.05, 3.63) is 63.7 Å². The van der Waals surface area contributed by atoms with E-state index in [1.807, 2.05) is 0 Å². The summed E-state index contributed by atoms with van der Waals surface area (Å²) in [4.78, 5) is 22.6. The van der Waals surface area contributed by atoms with Crippen LogP contribution in [0.25, 0.3) is 0 Å². The Labute approximate surface area is 143 Å². The van der Waals surface area contributed by atoms with E-state index >= 15 is 0 Å². The first kappa shape index (κ1) is 16.9. The first-order chi connectivity index (χ1) is 12.0. The molecule has 2 N–H and O–H groups in total. The molecule has 1 aliphatic heterocycles. The summed E-state index contributed by atoms with van der Waals surface area (Å²) < 4.78 is 11.0. The Balaban J connectivity index is 1.80. The van der Waals surface area contributed by atoms with Gasteiger partial charge in [0.15, 0.2) is 6.29 Å². The van der Waals surface area contributed by atoms with E-state index in [-0.39, 0.29) is 22.7 Å². The molecule has 1 aliphatic rings. The molecule has 0 radical (unpaired) electrons. The van der Waals surface area contributed by atoms with Gasteiger partial charge in [-0.1, -0.05) is 12.1 Å². The molecule has 1 fully saturated rings. The van der Waals surface area contributed by atoms with Crippen molar-refractivity contribution in [1.29, 1.82) is 0 Å². The van der Waals surface area contributed by atoms with Gasteiger partial charge in [-0.2, -0.15) is 0 Å². The van der Waals surface area contributed by atoms with Gasteiger partial charge in [-0.3, -0.25) is 14.9 Å². The molecule has 1 amide bonds. The highest BCUT2D eigenvalue weighted by atomic mass is 16.7. The van der Waals surface area contributed by atoms with E-state index in [0.717, 1.165) is 6.42 Å². The number of nitro benzene ring substituents is 1. The second-order valence-corrected chi connectivity index (χ2v) is 5.47. The van der Waals surface area contributed by atoms with E-state index in [1.165, 1.54) is 30.3 Å². The van der Waals surface area contributed by atoms with Gasteiger partial charge in [-0.15, -0.1) is 0 Å². The van der Waals surface area contributed by atoms with Crippen LogP contribution in [0.5, 0.6) is 5.75 Å². The third-order valence-corrected chi connectivity index (χ3v) is 3.69. The third kappa shape index (κ3) is 3.93. The van der Waals surface area contributed by atoms with Crippen molar-refractivity contribution in [2.75, 3.05) is 18.5 Å². The van der Waals surface area contributed by atoms with Gasteiger partial charge in [0.2, 0.25) is 0 Å². The minimum atomic E-state index is -0.577. The van der Waals surface area contributed by atoms with E-state index in [0.29, 0.717) is 18.8 Å². The second-order valence-electron chi connectivity index (χ2n) is 5.47. The van der Waals surface area contributed by atoms with Crippen LogP contribution in [0.15, 0.2) is 42.5 Å². The van der Waals surface area contributed by atoms with Crippen molar-refractivity contribution in [3.63, 3.8) is 0 Å². The number of nitrogens with zero attached hydrogens (tertiary/aromatic N) is 1. The first-order valence-corrected chi connectivity index (χ1v) is 7.66. The number of non-ortho nitro benzene ring substituents is 1. The molecule has 0 aliphatic carbocycles. The van der Waals surface area contributed by atoms with Crippen LogP contribution in [0, 0.1) is 10.1 Å². The number of hydrogen-bond acceptors (Lipinski definition) is 6. The van der Waals surface area contributed by atoms with Crippen molar-refractivity contribution in [1.82, 2.24) is 0 Å². The summed E-state index contributed by atoms with van der Waals surface area (Å²) in [6, 6.07) is 9.98. The average Bonchev–Trinajstić information content (AvgIpc) is 2.64. The predicted molar refractivity (Wildman–Crippen MR) is 88.4 cm³/mol. The molecule has 0 bridgehead atoms. The molecule has 25 heavy (non-hydrogen) atoms. The van der Waals surface area contributed by atoms with E-state index in [2.05, 4.69) is 5.32 Å². The van der Waals surface area contributed by atoms with Gasteiger partial charge >= 0.3 is 0 Å². The van der Waals surface area contributed by atoms with Crippen molar-refractivity contribution in [3.8, 4) is 5.75 Å². The number of phenols is 1. The average molecular weight is 344 g/mol. The minimum Gasteiger partial charge on any atom is -0.506 e. The van der Waals surface area contributed by atoms with Gasteiger partial charge in [0.25, 0.3) is 11.6 Å². The van der Waals surface area contributed by atoms with Gasteiger partial charge in [0.05, 0.1) is 23.8 Å². The lowest BCUT2D eigenvalue weighted by molar-refractivity contribution is -0.384. The van der Waals surface area contributed by atoms with Gasteiger partial charge in [0.1, 0.15) is 5.75 Å². The molecule has 2 aromatic carbocycles. The van der Waals surface area contributed by atoms with Crippen molar-refractivity contribution < 1.29 is 24.3 Å². The molecule has 8 nitrogen and oxygen atoms in total. The van der Waals surface area contributed by atoms with Crippen LogP contribution in [0.4, 0.5) is 11.4 Å². The largest absolute Gasteiger partial charge is 0.506 e. The topological polar surface area (TPSA) is 111 Å². The van der Waals surface area contributed by atoms with Crippen LogP contribution in [-0.4, -0.2) is 29.2 Å². The number of amides is 1. The number of anilines is 1. The molecule has 2 aromatic rings. The summed E-state index contributed by atoms with van der Waals surface area (Å²) in [5, 5.41) is 23.3. The highest BCUT2D eigenvalue weighted by Gasteiger charge is 2.19.